The molecule has 1 fully saturated rings. The number of halogens is 1. The molecule has 1 aliphatic rings. The molecule has 1 aliphatic heterocycles. The molecule has 1 saturated heterocycles. The average molecular weight is 328 g/mol. The highest BCUT2D eigenvalue weighted by molar-refractivity contribution is 5.94. The van der Waals surface area contributed by atoms with Gasteiger partial charge >= 0.3 is 0 Å². The fourth-order valence-electron chi connectivity index (χ4n) is 2.93. The van der Waals surface area contributed by atoms with E-state index in [9.17, 15) is 14.3 Å². The van der Waals surface area contributed by atoms with Crippen molar-refractivity contribution < 1.29 is 14.3 Å². The molecule has 0 bridgehead atoms. The van der Waals surface area contributed by atoms with Gasteiger partial charge in [-0.15, -0.1) is 0 Å². The van der Waals surface area contributed by atoms with Gasteiger partial charge in [-0.1, -0.05) is 30.3 Å². The predicted octanol–water partition coefficient (Wildman–Crippen LogP) is 2.32. The summed E-state index contributed by atoms with van der Waals surface area (Å²) in [6, 6.07) is 15.2. The van der Waals surface area contributed by atoms with E-state index in [1.165, 1.54) is 12.1 Å². The Morgan fingerprint density at radius 1 is 1.00 bits per heavy atom. The van der Waals surface area contributed by atoms with E-state index in [0.29, 0.717) is 30.8 Å². The Kier molecular flexibility index (Phi) is 5.23. The number of nitrogens with zero attached hydrogens (tertiary/aromatic N) is 2. The van der Waals surface area contributed by atoms with Crippen LogP contribution in [-0.4, -0.2) is 53.5 Å². The standard InChI is InChI=1S/C19H21FN2O2/c20-17-8-6-15(7-9-17)18(23)14-21-10-12-22(13-11-21)19(24)16-4-2-1-3-5-16/h1-9,18,23H,10-14H2/t18-/m1/s1. The quantitative estimate of drug-likeness (QED) is 0.937. The lowest BCUT2D eigenvalue weighted by Crippen LogP contribution is -2.49. The molecule has 2 aromatic rings. The van der Waals surface area contributed by atoms with Gasteiger partial charge in [-0.25, -0.2) is 4.39 Å². The second-order valence-electron chi connectivity index (χ2n) is 6.03. The zero-order valence-electron chi connectivity index (χ0n) is 13.4. The first-order valence-corrected chi connectivity index (χ1v) is 8.14. The molecule has 1 atom stereocenters. The van der Waals surface area contributed by atoms with E-state index in [2.05, 4.69) is 4.90 Å². The van der Waals surface area contributed by atoms with Gasteiger partial charge < -0.3 is 10.0 Å². The topological polar surface area (TPSA) is 43.8 Å². The first kappa shape index (κ1) is 16.6. The van der Waals surface area contributed by atoms with Crippen molar-refractivity contribution in [1.82, 2.24) is 9.80 Å². The zero-order valence-corrected chi connectivity index (χ0v) is 13.4. The molecule has 4 nitrogen and oxygen atoms in total. The lowest BCUT2D eigenvalue weighted by Gasteiger charge is -2.35. The maximum Gasteiger partial charge on any atom is 0.253 e. The van der Waals surface area contributed by atoms with Crippen molar-refractivity contribution in [3.8, 4) is 0 Å². The van der Waals surface area contributed by atoms with Crippen LogP contribution in [0.4, 0.5) is 4.39 Å². The number of hydrogen-bond donors (Lipinski definition) is 1. The summed E-state index contributed by atoms with van der Waals surface area (Å²) in [5.74, 6) is -0.256. The maximum absolute atomic E-state index is 12.9. The van der Waals surface area contributed by atoms with Crippen molar-refractivity contribution >= 4 is 5.91 Å². The number of β-amino-alcohol motifs (C(OH)–C–C–N with tert-alkyl or cyclic N) is 1. The van der Waals surface area contributed by atoms with E-state index in [0.717, 1.165) is 13.1 Å². The van der Waals surface area contributed by atoms with Crippen LogP contribution in [0.1, 0.15) is 22.0 Å². The van der Waals surface area contributed by atoms with E-state index in [1.807, 2.05) is 35.2 Å². The van der Waals surface area contributed by atoms with Crippen LogP contribution in [-0.2, 0) is 0 Å². The van der Waals surface area contributed by atoms with Crippen molar-refractivity contribution in [1.29, 1.82) is 0 Å². The maximum atomic E-state index is 12.9. The molecule has 2 aromatic carbocycles. The van der Waals surface area contributed by atoms with E-state index < -0.39 is 6.10 Å². The second kappa shape index (κ2) is 7.55. The smallest absolute Gasteiger partial charge is 0.253 e. The van der Waals surface area contributed by atoms with Crippen molar-refractivity contribution in [2.45, 2.75) is 6.10 Å². The minimum absolute atomic E-state index is 0.0503. The third kappa shape index (κ3) is 3.99. The number of carbonyl (C=O) groups excluding carboxylic acids is 1. The largest absolute Gasteiger partial charge is 0.387 e. The van der Waals surface area contributed by atoms with E-state index >= 15 is 0 Å². The third-order valence-corrected chi connectivity index (χ3v) is 4.37. The number of benzene rings is 2. The van der Waals surface area contributed by atoms with Gasteiger partial charge in [0, 0.05) is 38.3 Å². The van der Waals surface area contributed by atoms with Crippen LogP contribution in [0.25, 0.3) is 0 Å². The Hall–Kier alpha value is -2.24. The summed E-state index contributed by atoms with van der Waals surface area (Å²) in [5.41, 5.74) is 1.41. The van der Waals surface area contributed by atoms with Crippen LogP contribution in [0.15, 0.2) is 54.6 Å². The van der Waals surface area contributed by atoms with Crippen LogP contribution in [0.3, 0.4) is 0 Å². The number of rotatable bonds is 4. The van der Waals surface area contributed by atoms with Gasteiger partial charge in [-0.2, -0.15) is 0 Å². The Morgan fingerprint density at radius 2 is 1.62 bits per heavy atom. The van der Waals surface area contributed by atoms with Gasteiger partial charge in [-0.05, 0) is 29.8 Å². The number of aliphatic hydroxyl groups excluding tert-OH is 1. The number of piperazine rings is 1. The molecule has 1 N–H and O–H groups in total. The highest BCUT2D eigenvalue weighted by Crippen LogP contribution is 2.16. The molecule has 5 heteroatoms. The summed E-state index contributed by atoms with van der Waals surface area (Å²) in [6.07, 6.45) is -0.651. The summed E-state index contributed by atoms with van der Waals surface area (Å²) >= 11 is 0. The number of aliphatic hydroxyl groups is 1. The van der Waals surface area contributed by atoms with Gasteiger partial charge in [0.2, 0.25) is 0 Å². The highest BCUT2D eigenvalue weighted by atomic mass is 19.1. The molecule has 0 unspecified atom stereocenters. The van der Waals surface area contributed by atoms with Crippen molar-refractivity contribution in [2.24, 2.45) is 0 Å². The number of hydrogen-bond acceptors (Lipinski definition) is 3. The summed E-state index contributed by atoms with van der Waals surface area (Å²) < 4.78 is 12.9. The molecule has 0 spiro atoms. The molecule has 0 aliphatic carbocycles. The molecule has 0 radical (unpaired) electrons. The summed E-state index contributed by atoms with van der Waals surface area (Å²) in [7, 11) is 0. The lowest BCUT2D eigenvalue weighted by molar-refractivity contribution is 0.0527. The minimum Gasteiger partial charge on any atom is -0.387 e. The molecule has 0 aromatic heterocycles. The third-order valence-electron chi connectivity index (χ3n) is 4.37. The fourth-order valence-corrected chi connectivity index (χ4v) is 2.93. The van der Waals surface area contributed by atoms with Gasteiger partial charge in [0.25, 0.3) is 5.91 Å². The van der Waals surface area contributed by atoms with Gasteiger partial charge in [0.1, 0.15) is 5.82 Å². The number of amides is 1. The Balaban J connectivity index is 1.52. The summed E-state index contributed by atoms with van der Waals surface area (Å²) in [5, 5.41) is 10.3. The number of carbonyl (C=O) groups is 1. The highest BCUT2D eigenvalue weighted by Gasteiger charge is 2.23. The van der Waals surface area contributed by atoms with Crippen molar-refractivity contribution in [2.75, 3.05) is 32.7 Å². The molecular formula is C19H21FN2O2. The SMILES string of the molecule is O=C(c1ccccc1)N1CCN(C[C@@H](O)c2ccc(F)cc2)CC1. The Morgan fingerprint density at radius 3 is 2.25 bits per heavy atom. The molecule has 126 valence electrons. The molecule has 24 heavy (non-hydrogen) atoms. The van der Waals surface area contributed by atoms with E-state index in [1.54, 1.807) is 12.1 Å². The Bertz CT molecular complexity index is 668. The molecule has 1 amide bonds. The van der Waals surface area contributed by atoms with E-state index in [4.69, 9.17) is 0 Å². The van der Waals surface area contributed by atoms with Gasteiger partial charge in [0.15, 0.2) is 0 Å². The predicted molar refractivity (Wildman–Crippen MR) is 90.1 cm³/mol. The van der Waals surface area contributed by atoms with Crippen molar-refractivity contribution in [3.05, 3.63) is 71.5 Å². The van der Waals surface area contributed by atoms with Crippen LogP contribution in [0, 0.1) is 5.82 Å². The monoisotopic (exact) mass is 328 g/mol. The zero-order chi connectivity index (χ0) is 16.9. The van der Waals surface area contributed by atoms with E-state index in [-0.39, 0.29) is 11.7 Å². The average Bonchev–Trinajstić information content (AvgIpc) is 2.63. The Labute approximate surface area is 141 Å². The summed E-state index contributed by atoms with van der Waals surface area (Å²) in [6.45, 7) is 3.21. The molecular weight excluding hydrogens is 307 g/mol. The minimum atomic E-state index is -0.651. The summed E-state index contributed by atoms with van der Waals surface area (Å²) in [4.78, 5) is 16.4. The van der Waals surface area contributed by atoms with Crippen LogP contribution in [0.5, 0.6) is 0 Å². The van der Waals surface area contributed by atoms with Crippen LogP contribution < -0.4 is 0 Å². The molecule has 0 saturated carbocycles. The van der Waals surface area contributed by atoms with Gasteiger partial charge in [0.05, 0.1) is 6.10 Å². The second-order valence-corrected chi connectivity index (χ2v) is 6.03. The first-order chi connectivity index (χ1) is 11.6. The van der Waals surface area contributed by atoms with Crippen molar-refractivity contribution in [3.63, 3.8) is 0 Å². The normalized spacial score (nSPS) is 16.8. The fraction of sp³-hybridized carbons (Fsp3) is 0.316. The molecule has 1 heterocycles. The van der Waals surface area contributed by atoms with Gasteiger partial charge in [-0.3, -0.25) is 9.69 Å². The lowest BCUT2D eigenvalue weighted by atomic mass is 10.1. The van der Waals surface area contributed by atoms with Crippen LogP contribution in [0.2, 0.25) is 0 Å². The van der Waals surface area contributed by atoms with Crippen LogP contribution >= 0.6 is 0 Å². The molecule has 3 rings (SSSR count). The first-order valence-electron chi connectivity index (χ1n) is 8.14.